The molecule has 118 valence electrons. The Balaban J connectivity index is 1.73. The van der Waals surface area contributed by atoms with Crippen LogP contribution in [-0.2, 0) is 6.54 Å². The third-order valence-corrected chi connectivity index (χ3v) is 4.58. The van der Waals surface area contributed by atoms with E-state index in [1.807, 2.05) is 18.2 Å². The standard InChI is InChI=1S/C20H20BrNO/c1-13-4-6-17(11-14(13)2)22-12-18-7-9-20(23-18)19-8-5-16(21)10-15(19)3/h4-11,22H,12H2,1-3H3. The highest BCUT2D eigenvalue weighted by atomic mass is 79.9. The van der Waals surface area contributed by atoms with E-state index in [0.29, 0.717) is 6.54 Å². The maximum Gasteiger partial charge on any atom is 0.134 e. The average Bonchev–Trinajstić information content (AvgIpc) is 2.97. The quantitative estimate of drug-likeness (QED) is 0.588. The predicted molar refractivity (Wildman–Crippen MR) is 99.8 cm³/mol. The van der Waals surface area contributed by atoms with Gasteiger partial charge in [0.05, 0.1) is 6.54 Å². The van der Waals surface area contributed by atoms with Crippen LogP contribution in [0.1, 0.15) is 22.5 Å². The molecule has 0 spiro atoms. The van der Waals surface area contributed by atoms with Crippen molar-refractivity contribution in [2.75, 3.05) is 5.32 Å². The number of benzene rings is 2. The Morgan fingerprint density at radius 2 is 1.70 bits per heavy atom. The molecule has 0 saturated heterocycles. The second-order valence-electron chi connectivity index (χ2n) is 5.88. The van der Waals surface area contributed by atoms with Gasteiger partial charge in [-0.3, -0.25) is 0 Å². The molecule has 0 aliphatic heterocycles. The normalized spacial score (nSPS) is 10.8. The molecule has 1 N–H and O–H groups in total. The molecule has 23 heavy (non-hydrogen) atoms. The molecule has 0 atom stereocenters. The summed E-state index contributed by atoms with van der Waals surface area (Å²) < 4.78 is 7.07. The third-order valence-electron chi connectivity index (χ3n) is 4.09. The van der Waals surface area contributed by atoms with Crippen LogP contribution in [0, 0.1) is 20.8 Å². The van der Waals surface area contributed by atoms with E-state index in [1.165, 1.54) is 16.7 Å². The molecule has 3 heteroatoms. The summed E-state index contributed by atoms with van der Waals surface area (Å²) in [6.07, 6.45) is 0. The predicted octanol–water partition coefficient (Wildman–Crippen LogP) is 6.25. The summed E-state index contributed by atoms with van der Waals surface area (Å²) in [7, 11) is 0. The van der Waals surface area contributed by atoms with Crippen LogP contribution in [0.5, 0.6) is 0 Å². The van der Waals surface area contributed by atoms with Crippen molar-refractivity contribution in [2.24, 2.45) is 0 Å². The lowest BCUT2D eigenvalue weighted by Gasteiger charge is -2.07. The van der Waals surface area contributed by atoms with Gasteiger partial charge in [0.15, 0.2) is 0 Å². The van der Waals surface area contributed by atoms with Gasteiger partial charge in [-0.15, -0.1) is 0 Å². The summed E-state index contributed by atoms with van der Waals surface area (Å²) in [5.74, 6) is 1.84. The van der Waals surface area contributed by atoms with Crippen molar-refractivity contribution in [2.45, 2.75) is 27.3 Å². The van der Waals surface area contributed by atoms with Crippen molar-refractivity contribution < 1.29 is 4.42 Å². The highest BCUT2D eigenvalue weighted by molar-refractivity contribution is 9.10. The number of hydrogen-bond donors (Lipinski definition) is 1. The molecule has 0 bridgehead atoms. The van der Waals surface area contributed by atoms with E-state index >= 15 is 0 Å². The smallest absolute Gasteiger partial charge is 0.134 e. The van der Waals surface area contributed by atoms with Crippen LogP contribution >= 0.6 is 15.9 Å². The average molecular weight is 370 g/mol. The largest absolute Gasteiger partial charge is 0.459 e. The van der Waals surface area contributed by atoms with Crippen LogP contribution in [0.3, 0.4) is 0 Å². The zero-order chi connectivity index (χ0) is 16.4. The van der Waals surface area contributed by atoms with Crippen molar-refractivity contribution in [1.82, 2.24) is 0 Å². The van der Waals surface area contributed by atoms with Crippen molar-refractivity contribution in [3.63, 3.8) is 0 Å². The van der Waals surface area contributed by atoms with Crippen LogP contribution in [0.25, 0.3) is 11.3 Å². The Morgan fingerprint density at radius 1 is 0.870 bits per heavy atom. The summed E-state index contributed by atoms with van der Waals surface area (Å²) in [6, 6.07) is 16.7. The van der Waals surface area contributed by atoms with Gasteiger partial charge in [0.25, 0.3) is 0 Å². The number of hydrogen-bond acceptors (Lipinski definition) is 2. The number of anilines is 1. The second kappa shape index (κ2) is 6.63. The van der Waals surface area contributed by atoms with E-state index < -0.39 is 0 Å². The maximum atomic E-state index is 5.99. The number of rotatable bonds is 4. The molecular weight excluding hydrogens is 350 g/mol. The van der Waals surface area contributed by atoms with Gasteiger partial charge in [0.2, 0.25) is 0 Å². The molecule has 0 aliphatic rings. The van der Waals surface area contributed by atoms with Gasteiger partial charge in [-0.2, -0.15) is 0 Å². The van der Waals surface area contributed by atoms with Gasteiger partial charge >= 0.3 is 0 Å². The van der Waals surface area contributed by atoms with E-state index in [1.54, 1.807) is 0 Å². The summed E-state index contributed by atoms with van der Waals surface area (Å²) >= 11 is 3.49. The van der Waals surface area contributed by atoms with Gasteiger partial charge in [0.1, 0.15) is 11.5 Å². The molecule has 0 amide bonds. The molecule has 1 heterocycles. The minimum Gasteiger partial charge on any atom is -0.459 e. The van der Waals surface area contributed by atoms with Crippen LogP contribution in [0.4, 0.5) is 5.69 Å². The zero-order valence-corrected chi connectivity index (χ0v) is 15.2. The zero-order valence-electron chi connectivity index (χ0n) is 13.6. The molecule has 1 aromatic heterocycles. The van der Waals surface area contributed by atoms with Gasteiger partial charge in [-0.05, 0) is 79.9 Å². The lowest BCUT2D eigenvalue weighted by molar-refractivity contribution is 0.531. The molecule has 0 fully saturated rings. The number of halogens is 1. The first-order valence-electron chi connectivity index (χ1n) is 7.69. The number of nitrogens with one attached hydrogen (secondary N) is 1. The molecule has 0 unspecified atom stereocenters. The SMILES string of the molecule is Cc1ccc(NCc2ccc(-c3ccc(Br)cc3C)o2)cc1C. The Labute approximate surface area is 145 Å². The third kappa shape index (κ3) is 3.67. The summed E-state index contributed by atoms with van der Waals surface area (Å²) in [4.78, 5) is 0. The number of furan rings is 1. The first-order valence-corrected chi connectivity index (χ1v) is 8.48. The molecule has 0 aliphatic carbocycles. The van der Waals surface area contributed by atoms with Crippen molar-refractivity contribution >= 4 is 21.6 Å². The Hall–Kier alpha value is -2.00. The van der Waals surface area contributed by atoms with Gasteiger partial charge < -0.3 is 9.73 Å². The summed E-state index contributed by atoms with van der Waals surface area (Å²) in [5.41, 5.74) is 6.04. The van der Waals surface area contributed by atoms with Gasteiger partial charge in [0, 0.05) is 15.7 Å². The Bertz CT molecular complexity index is 835. The second-order valence-corrected chi connectivity index (χ2v) is 6.79. The van der Waals surface area contributed by atoms with Gasteiger partial charge in [-0.1, -0.05) is 22.0 Å². The van der Waals surface area contributed by atoms with E-state index in [9.17, 15) is 0 Å². The highest BCUT2D eigenvalue weighted by Crippen LogP contribution is 2.28. The van der Waals surface area contributed by atoms with Crippen molar-refractivity contribution in [3.05, 3.63) is 75.5 Å². The minimum absolute atomic E-state index is 0.679. The van der Waals surface area contributed by atoms with Crippen LogP contribution in [0.2, 0.25) is 0 Å². The molecular formula is C20H20BrNO. The van der Waals surface area contributed by atoms with Crippen molar-refractivity contribution in [1.29, 1.82) is 0 Å². The van der Waals surface area contributed by atoms with Crippen molar-refractivity contribution in [3.8, 4) is 11.3 Å². The topological polar surface area (TPSA) is 25.2 Å². The molecule has 2 nitrogen and oxygen atoms in total. The van der Waals surface area contributed by atoms with Crippen LogP contribution in [-0.4, -0.2) is 0 Å². The summed E-state index contributed by atoms with van der Waals surface area (Å²) in [6.45, 7) is 7.02. The fourth-order valence-electron chi connectivity index (χ4n) is 2.56. The lowest BCUT2D eigenvalue weighted by Crippen LogP contribution is -1.98. The van der Waals surface area contributed by atoms with E-state index in [-0.39, 0.29) is 0 Å². The fraction of sp³-hybridized carbons (Fsp3) is 0.200. The minimum atomic E-state index is 0.679. The summed E-state index contributed by atoms with van der Waals surface area (Å²) in [5, 5.41) is 3.42. The highest BCUT2D eigenvalue weighted by Gasteiger charge is 2.08. The van der Waals surface area contributed by atoms with E-state index in [0.717, 1.165) is 27.2 Å². The molecule has 0 radical (unpaired) electrons. The van der Waals surface area contributed by atoms with Gasteiger partial charge in [-0.25, -0.2) is 0 Å². The first-order chi connectivity index (χ1) is 11.0. The van der Waals surface area contributed by atoms with E-state index in [2.05, 4.69) is 72.3 Å². The Morgan fingerprint density at radius 3 is 2.43 bits per heavy atom. The van der Waals surface area contributed by atoms with Crippen LogP contribution in [0.15, 0.2) is 57.4 Å². The fourth-order valence-corrected chi connectivity index (χ4v) is 3.04. The molecule has 3 rings (SSSR count). The first kappa shape index (κ1) is 15.9. The lowest BCUT2D eigenvalue weighted by atomic mass is 10.1. The molecule has 3 aromatic rings. The number of aryl methyl sites for hydroxylation is 3. The molecule has 0 saturated carbocycles. The Kier molecular flexibility index (Phi) is 4.58. The maximum absolute atomic E-state index is 5.99. The monoisotopic (exact) mass is 369 g/mol. The molecule has 2 aromatic carbocycles. The van der Waals surface area contributed by atoms with E-state index in [4.69, 9.17) is 4.42 Å². The van der Waals surface area contributed by atoms with Crippen LogP contribution < -0.4 is 5.32 Å².